The van der Waals surface area contributed by atoms with Gasteiger partial charge in [0.05, 0.1) is 26.8 Å². The minimum absolute atomic E-state index is 0.0329. The zero-order chi connectivity index (χ0) is 22.7. The molecule has 0 spiro atoms. The third-order valence-corrected chi connectivity index (χ3v) is 4.38. The van der Waals surface area contributed by atoms with E-state index in [-0.39, 0.29) is 33.9 Å². The number of nitrogens with one attached hydrogen (secondary N) is 2. The Morgan fingerprint density at radius 3 is 2.32 bits per heavy atom. The minimum Gasteiger partial charge on any atom is -0.295 e. The number of hydrogen-bond donors (Lipinski definition) is 2. The average Bonchev–Trinajstić information content (AvgIpc) is 3.05. The molecular weight excluding hydrogens is 408 g/mol. The molecule has 0 aliphatic rings. The molecule has 0 radical (unpaired) electrons. The summed E-state index contributed by atoms with van der Waals surface area (Å²) in [5, 5.41) is 28.6. The molecule has 3 rings (SSSR count). The predicted molar refractivity (Wildman–Crippen MR) is 111 cm³/mol. The van der Waals surface area contributed by atoms with Gasteiger partial charge in [-0.05, 0) is 26.0 Å². The Morgan fingerprint density at radius 2 is 1.68 bits per heavy atom. The van der Waals surface area contributed by atoms with E-state index in [0.29, 0.717) is 5.69 Å². The monoisotopic (exact) mass is 424 g/mol. The first-order valence-electron chi connectivity index (χ1n) is 8.85. The van der Waals surface area contributed by atoms with Gasteiger partial charge in [0.25, 0.3) is 22.8 Å². The Morgan fingerprint density at radius 1 is 1.06 bits per heavy atom. The Labute approximate surface area is 174 Å². The molecule has 31 heavy (non-hydrogen) atoms. The lowest BCUT2D eigenvalue weighted by molar-refractivity contribution is -0.385. The second kappa shape index (κ2) is 8.41. The summed E-state index contributed by atoms with van der Waals surface area (Å²) in [5.74, 6) is -0.685. The summed E-state index contributed by atoms with van der Waals surface area (Å²) < 4.78 is 1.14. The lowest BCUT2D eigenvalue weighted by atomic mass is 10.2. The molecular formula is C19H16N6O6. The predicted octanol–water partition coefficient (Wildman–Crippen LogP) is 2.44. The van der Waals surface area contributed by atoms with E-state index in [1.165, 1.54) is 49.4 Å². The standard InChI is InChI=1S/C19H16N6O6/c1-11(20-21-18(26)13-5-3-7-15(9-13)24(28)29)17-12(2)22-23(19(17)27)14-6-4-8-16(10-14)25(30)31/h3-10,22H,1-2H3,(H,21,26)/b20-11-. The third kappa shape index (κ3) is 4.37. The van der Waals surface area contributed by atoms with E-state index in [1.807, 2.05) is 0 Å². The van der Waals surface area contributed by atoms with E-state index in [9.17, 15) is 29.8 Å². The van der Waals surface area contributed by atoms with E-state index in [2.05, 4.69) is 15.6 Å². The average molecular weight is 424 g/mol. The summed E-state index contributed by atoms with van der Waals surface area (Å²) in [7, 11) is 0. The van der Waals surface area contributed by atoms with E-state index < -0.39 is 21.3 Å². The minimum atomic E-state index is -0.685. The number of aryl methyl sites for hydroxylation is 1. The highest BCUT2D eigenvalue weighted by atomic mass is 16.6. The quantitative estimate of drug-likeness (QED) is 0.350. The lowest BCUT2D eigenvalue weighted by Crippen LogP contribution is -2.23. The smallest absolute Gasteiger partial charge is 0.280 e. The van der Waals surface area contributed by atoms with Crippen molar-refractivity contribution >= 4 is 23.0 Å². The van der Waals surface area contributed by atoms with Crippen LogP contribution in [-0.4, -0.2) is 31.2 Å². The number of benzene rings is 2. The van der Waals surface area contributed by atoms with Gasteiger partial charge in [0.1, 0.15) is 0 Å². The van der Waals surface area contributed by atoms with Crippen LogP contribution in [0.25, 0.3) is 5.69 Å². The van der Waals surface area contributed by atoms with Crippen molar-refractivity contribution in [3.05, 3.63) is 95.9 Å². The van der Waals surface area contributed by atoms with Gasteiger partial charge in [-0.1, -0.05) is 12.1 Å². The van der Waals surface area contributed by atoms with Crippen molar-refractivity contribution in [1.29, 1.82) is 0 Å². The van der Waals surface area contributed by atoms with Crippen molar-refractivity contribution in [2.45, 2.75) is 13.8 Å². The molecule has 0 aliphatic carbocycles. The highest BCUT2D eigenvalue weighted by Gasteiger charge is 2.17. The number of carbonyl (C=O) groups excluding carboxylic acids is 1. The van der Waals surface area contributed by atoms with Gasteiger partial charge >= 0.3 is 0 Å². The first kappa shape index (κ1) is 21.1. The number of hydrazone groups is 1. The van der Waals surface area contributed by atoms with E-state index in [0.717, 1.165) is 10.7 Å². The van der Waals surface area contributed by atoms with Crippen LogP contribution >= 0.6 is 0 Å². The van der Waals surface area contributed by atoms with Gasteiger partial charge < -0.3 is 0 Å². The number of nitro groups is 2. The number of aromatic nitrogens is 2. The van der Waals surface area contributed by atoms with Crippen LogP contribution in [0.4, 0.5) is 11.4 Å². The SMILES string of the molecule is C/C(=N/NC(=O)c1cccc([N+](=O)[O-])c1)c1c(C)[nH]n(-c2cccc([N+](=O)[O-])c2)c1=O. The Kier molecular flexibility index (Phi) is 5.72. The van der Waals surface area contributed by atoms with Gasteiger partial charge in [-0.25, -0.2) is 10.1 Å². The molecule has 0 aliphatic heterocycles. The number of non-ortho nitro benzene ring substituents is 2. The first-order valence-corrected chi connectivity index (χ1v) is 8.85. The molecule has 12 heteroatoms. The fourth-order valence-corrected chi connectivity index (χ4v) is 2.92. The molecule has 1 amide bonds. The normalized spacial score (nSPS) is 11.2. The van der Waals surface area contributed by atoms with Crippen LogP contribution in [-0.2, 0) is 0 Å². The van der Waals surface area contributed by atoms with Crippen LogP contribution in [0, 0.1) is 27.2 Å². The molecule has 0 atom stereocenters. The van der Waals surface area contributed by atoms with Crippen LogP contribution < -0.4 is 11.0 Å². The summed E-state index contributed by atoms with van der Waals surface area (Å²) >= 11 is 0. The lowest BCUT2D eigenvalue weighted by Gasteiger charge is -2.02. The number of aromatic amines is 1. The maximum Gasteiger partial charge on any atom is 0.280 e. The maximum atomic E-state index is 12.8. The molecule has 158 valence electrons. The summed E-state index contributed by atoms with van der Waals surface area (Å²) in [6.07, 6.45) is 0. The highest BCUT2D eigenvalue weighted by molar-refractivity contribution is 6.01. The van der Waals surface area contributed by atoms with Gasteiger partial charge in [-0.2, -0.15) is 5.10 Å². The molecule has 0 unspecified atom stereocenters. The maximum absolute atomic E-state index is 12.8. The van der Waals surface area contributed by atoms with E-state index >= 15 is 0 Å². The van der Waals surface area contributed by atoms with Gasteiger partial charge in [-0.3, -0.25) is 34.9 Å². The van der Waals surface area contributed by atoms with Gasteiger partial charge in [0, 0.05) is 35.5 Å². The molecule has 12 nitrogen and oxygen atoms in total. The van der Waals surface area contributed by atoms with Crippen LogP contribution in [0.1, 0.15) is 28.5 Å². The number of hydrogen-bond acceptors (Lipinski definition) is 7. The number of nitro benzene ring substituents is 2. The second-order valence-electron chi connectivity index (χ2n) is 6.47. The highest BCUT2D eigenvalue weighted by Crippen LogP contribution is 2.16. The van der Waals surface area contributed by atoms with E-state index in [4.69, 9.17) is 0 Å². The van der Waals surface area contributed by atoms with Crippen molar-refractivity contribution in [3.8, 4) is 5.69 Å². The largest absolute Gasteiger partial charge is 0.295 e. The Bertz CT molecular complexity index is 1290. The fourth-order valence-electron chi connectivity index (χ4n) is 2.92. The zero-order valence-electron chi connectivity index (χ0n) is 16.4. The van der Waals surface area contributed by atoms with Crippen molar-refractivity contribution < 1.29 is 14.6 Å². The van der Waals surface area contributed by atoms with Gasteiger partial charge in [0.2, 0.25) is 0 Å². The van der Waals surface area contributed by atoms with Crippen molar-refractivity contribution in [2.75, 3.05) is 0 Å². The molecule has 0 saturated heterocycles. The zero-order valence-corrected chi connectivity index (χ0v) is 16.4. The summed E-state index contributed by atoms with van der Waals surface area (Å²) in [4.78, 5) is 45.7. The molecule has 3 aromatic rings. The third-order valence-electron chi connectivity index (χ3n) is 4.38. The van der Waals surface area contributed by atoms with Crippen LogP contribution in [0.5, 0.6) is 0 Å². The molecule has 1 heterocycles. The molecule has 2 N–H and O–H groups in total. The van der Waals surface area contributed by atoms with Gasteiger partial charge in [-0.15, -0.1) is 0 Å². The second-order valence-corrected chi connectivity index (χ2v) is 6.47. The number of nitrogens with zero attached hydrogens (tertiary/aromatic N) is 4. The van der Waals surface area contributed by atoms with Crippen LogP contribution in [0.15, 0.2) is 58.4 Å². The topological polar surface area (TPSA) is 166 Å². The number of amides is 1. The molecule has 0 saturated carbocycles. The fraction of sp³-hybridized carbons (Fsp3) is 0.105. The number of rotatable bonds is 6. The molecule has 2 aromatic carbocycles. The Balaban J connectivity index is 1.89. The summed E-state index contributed by atoms with van der Waals surface area (Å²) in [5.41, 5.74) is 2.43. The number of carbonyl (C=O) groups is 1. The van der Waals surface area contributed by atoms with Crippen LogP contribution in [0.2, 0.25) is 0 Å². The van der Waals surface area contributed by atoms with Crippen molar-refractivity contribution in [3.63, 3.8) is 0 Å². The van der Waals surface area contributed by atoms with E-state index in [1.54, 1.807) is 6.92 Å². The Hall–Kier alpha value is -4.61. The van der Waals surface area contributed by atoms with Crippen molar-refractivity contribution in [2.24, 2.45) is 5.10 Å². The van der Waals surface area contributed by atoms with Gasteiger partial charge in [0.15, 0.2) is 0 Å². The summed E-state index contributed by atoms with van der Waals surface area (Å²) in [6, 6.07) is 10.7. The molecule has 1 aromatic heterocycles. The summed E-state index contributed by atoms with van der Waals surface area (Å²) in [6.45, 7) is 3.12. The van der Waals surface area contributed by atoms with Crippen LogP contribution in [0.3, 0.4) is 0 Å². The number of H-pyrrole nitrogens is 1. The molecule has 0 fully saturated rings. The molecule has 0 bridgehead atoms. The van der Waals surface area contributed by atoms with Crippen molar-refractivity contribution in [1.82, 2.24) is 15.2 Å². The first-order chi connectivity index (χ1) is 14.7.